The van der Waals surface area contributed by atoms with Gasteiger partial charge in [0.05, 0.1) is 36.8 Å². The van der Waals surface area contributed by atoms with Crippen LogP contribution in [0.3, 0.4) is 0 Å². The number of carbonyl (C=O) groups excluding carboxylic acids is 1. The molecule has 4 rings (SSSR count). The van der Waals surface area contributed by atoms with E-state index in [4.69, 9.17) is 4.74 Å². The predicted octanol–water partition coefficient (Wildman–Crippen LogP) is 3.37. The van der Waals surface area contributed by atoms with E-state index in [0.717, 1.165) is 6.07 Å². The minimum absolute atomic E-state index is 0.189. The first kappa shape index (κ1) is 21.4. The fourth-order valence-corrected chi connectivity index (χ4v) is 4.95. The molecule has 1 N–H and O–H groups in total. The van der Waals surface area contributed by atoms with Gasteiger partial charge in [-0.2, -0.15) is 4.98 Å². The van der Waals surface area contributed by atoms with E-state index in [1.807, 2.05) is 25.9 Å². The standard InChI is InChI=1S/C22H27F2N5O2/c1-14-18(12-25-19(26-14)31-4)29-13-21(27-20(29)30)5-7-22(8-6-21,28(2)3)15-9-16(23)11-17(24)10-15/h9-12H,5-8,13H2,1-4H3,(H,27,30). The van der Waals surface area contributed by atoms with Crippen LogP contribution >= 0.6 is 0 Å². The summed E-state index contributed by atoms with van der Waals surface area (Å²) < 4.78 is 33.0. The predicted molar refractivity (Wildman–Crippen MR) is 112 cm³/mol. The fraction of sp³-hybridized carbons (Fsp3) is 0.500. The van der Waals surface area contributed by atoms with Gasteiger partial charge < -0.3 is 10.1 Å². The summed E-state index contributed by atoms with van der Waals surface area (Å²) in [5.41, 5.74) is 1.03. The second kappa shape index (κ2) is 7.71. The quantitative estimate of drug-likeness (QED) is 0.804. The molecular formula is C22H27F2N5O2. The summed E-state index contributed by atoms with van der Waals surface area (Å²) >= 11 is 0. The van der Waals surface area contributed by atoms with E-state index < -0.39 is 22.7 Å². The van der Waals surface area contributed by atoms with Crippen molar-refractivity contribution in [2.75, 3.05) is 32.6 Å². The Hall–Kier alpha value is -2.81. The lowest BCUT2D eigenvalue weighted by Gasteiger charge is -2.48. The number of halogens is 2. The summed E-state index contributed by atoms with van der Waals surface area (Å²) in [4.78, 5) is 24.9. The number of aryl methyl sites for hydroxylation is 1. The zero-order chi connectivity index (χ0) is 22.4. The first-order valence-corrected chi connectivity index (χ1v) is 10.3. The molecule has 1 aliphatic carbocycles. The molecule has 2 fully saturated rings. The number of rotatable bonds is 4. The average Bonchev–Trinajstić information content (AvgIpc) is 3.03. The highest BCUT2D eigenvalue weighted by atomic mass is 19.1. The lowest BCUT2D eigenvalue weighted by Crippen LogP contribution is -2.54. The first-order chi connectivity index (χ1) is 14.7. The number of hydrogen-bond donors (Lipinski definition) is 1. The highest BCUT2D eigenvalue weighted by Crippen LogP contribution is 2.46. The third-order valence-corrected chi connectivity index (χ3v) is 6.77. The van der Waals surface area contributed by atoms with Crippen molar-refractivity contribution >= 4 is 11.7 Å². The van der Waals surface area contributed by atoms with Crippen LogP contribution in [-0.2, 0) is 5.54 Å². The molecule has 1 saturated heterocycles. The number of benzene rings is 1. The van der Waals surface area contributed by atoms with Crippen LogP contribution in [0.15, 0.2) is 24.4 Å². The van der Waals surface area contributed by atoms with Crippen molar-refractivity contribution in [2.45, 2.75) is 43.7 Å². The van der Waals surface area contributed by atoms with Crippen molar-refractivity contribution in [1.82, 2.24) is 20.2 Å². The zero-order valence-corrected chi connectivity index (χ0v) is 18.2. The number of nitrogens with zero attached hydrogens (tertiary/aromatic N) is 4. The van der Waals surface area contributed by atoms with Gasteiger partial charge in [-0.3, -0.25) is 9.80 Å². The normalized spacial score (nSPS) is 25.9. The summed E-state index contributed by atoms with van der Waals surface area (Å²) in [5.74, 6) is -1.15. The number of carbonyl (C=O) groups is 1. The highest BCUT2D eigenvalue weighted by Gasteiger charge is 2.50. The molecule has 7 nitrogen and oxygen atoms in total. The molecule has 1 saturated carbocycles. The van der Waals surface area contributed by atoms with Crippen LogP contribution in [0.5, 0.6) is 6.01 Å². The summed E-state index contributed by atoms with van der Waals surface area (Å²) in [5, 5.41) is 3.16. The van der Waals surface area contributed by atoms with Crippen LogP contribution < -0.4 is 15.0 Å². The number of ether oxygens (including phenoxy) is 1. The van der Waals surface area contributed by atoms with Crippen molar-refractivity contribution in [1.29, 1.82) is 0 Å². The summed E-state index contributed by atoms with van der Waals surface area (Å²) in [7, 11) is 5.35. The number of anilines is 1. The number of aromatic nitrogens is 2. The van der Waals surface area contributed by atoms with Crippen molar-refractivity contribution in [3.8, 4) is 6.01 Å². The van der Waals surface area contributed by atoms with E-state index in [0.29, 0.717) is 49.2 Å². The van der Waals surface area contributed by atoms with Gasteiger partial charge in [-0.15, -0.1) is 0 Å². The third kappa shape index (κ3) is 3.71. The van der Waals surface area contributed by atoms with Crippen LogP contribution in [0.1, 0.15) is 36.9 Å². The molecule has 1 spiro atoms. The smallest absolute Gasteiger partial charge is 0.322 e. The van der Waals surface area contributed by atoms with Gasteiger partial charge in [-0.1, -0.05) is 0 Å². The Balaban J connectivity index is 1.58. The molecule has 2 amide bonds. The Morgan fingerprint density at radius 1 is 1.13 bits per heavy atom. The van der Waals surface area contributed by atoms with Gasteiger partial charge in [0.2, 0.25) is 0 Å². The lowest BCUT2D eigenvalue weighted by atomic mass is 9.69. The average molecular weight is 431 g/mol. The Kier molecular flexibility index (Phi) is 5.33. The van der Waals surface area contributed by atoms with Crippen molar-refractivity contribution < 1.29 is 18.3 Å². The monoisotopic (exact) mass is 431 g/mol. The fourth-order valence-electron chi connectivity index (χ4n) is 4.95. The van der Waals surface area contributed by atoms with Crippen molar-refractivity contribution in [3.05, 3.63) is 47.3 Å². The summed E-state index contributed by atoms with van der Waals surface area (Å²) in [6.07, 6.45) is 4.29. The van der Waals surface area contributed by atoms with Gasteiger partial charge in [0.1, 0.15) is 11.6 Å². The number of hydrogen-bond acceptors (Lipinski definition) is 5. The van der Waals surface area contributed by atoms with Gasteiger partial charge in [-0.25, -0.2) is 18.6 Å². The molecule has 166 valence electrons. The Morgan fingerprint density at radius 2 is 1.77 bits per heavy atom. The van der Waals surface area contributed by atoms with E-state index in [-0.39, 0.29) is 12.0 Å². The second-order valence-electron chi connectivity index (χ2n) is 8.71. The van der Waals surface area contributed by atoms with Crippen LogP contribution in [0.2, 0.25) is 0 Å². The Labute approximate surface area is 180 Å². The number of amides is 2. The maximum atomic E-state index is 13.9. The van der Waals surface area contributed by atoms with Gasteiger partial charge in [0.25, 0.3) is 0 Å². The molecule has 1 aromatic carbocycles. The minimum Gasteiger partial charge on any atom is -0.467 e. The number of methoxy groups -OCH3 is 1. The lowest BCUT2D eigenvalue weighted by molar-refractivity contribution is 0.0652. The van der Waals surface area contributed by atoms with Gasteiger partial charge in [0.15, 0.2) is 0 Å². The van der Waals surface area contributed by atoms with Crippen LogP contribution in [0.25, 0.3) is 0 Å². The minimum atomic E-state index is -0.577. The second-order valence-corrected chi connectivity index (χ2v) is 8.71. The van der Waals surface area contributed by atoms with Crippen molar-refractivity contribution in [3.63, 3.8) is 0 Å². The first-order valence-electron chi connectivity index (χ1n) is 10.3. The molecule has 0 radical (unpaired) electrons. The van der Waals surface area contributed by atoms with Gasteiger partial charge in [0, 0.05) is 11.6 Å². The molecular weight excluding hydrogens is 404 g/mol. The van der Waals surface area contributed by atoms with E-state index >= 15 is 0 Å². The molecule has 2 heterocycles. The van der Waals surface area contributed by atoms with Crippen molar-refractivity contribution in [2.24, 2.45) is 0 Å². The maximum absolute atomic E-state index is 13.9. The van der Waals surface area contributed by atoms with Gasteiger partial charge in [-0.05, 0) is 64.4 Å². The zero-order valence-electron chi connectivity index (χ0n) is 18.2. The Morgan fingerprint density at radius 3 is 2.32 bits per heavy atom. The van der Waals surface area contributed by atoms with Crippen LogP contribution in [-0.4, -0.2) is 54.2 Å². The molecule has 0 unspecified atom stereocenters. The maximum Gasteiger partial charge on any atom is 0.322 e. The molecule has 0 atom stereocenters. The number of urea groups is 1. The van der Waals surface area contributed by atoms with Crippen LogP contribution in [0, 0.1) is 18.6 Å². The molecule has 1 aliphatic heterocycles. The third-order valence-electron chi connectivity index (χ3n) is 6.77. The van der Waals surface area contributed by atoms with E-state index in [9.17, 15) is 13.6 Å². The molecule has 2 aliphatic rings. The van der Waals surface area contributed by atoms with E-state index in [1.54, 1.807) is 11.1 Å². The van der Waals surface area contributed by atoms with E-state index in [2.05, 4.69) is 15.3 Å². The topological polar surface area (TPSA) is 70.6 Å². The van der Waals surface area contributed by atoms with Crippen LogP contribution in [0.4, 0.5) is 19.3 Å². The SMILES string of the molecule is COc1ncc(N2CC3(CCC(c4cc(F)cc(F)c4)(N(C)C)CC3)NC2=O)c(C)n1. The summed E-state index contributed by atoms with van der Waals surface area (Å²) in [6.45, 7) is 2.30. The molecule has 9 heteroatoms. The molecule has 0 bridgehead atoms. The molecule has 2 aromatic rings. The largest absolute Gasteiger partial charge is 0.467 e. The number of nitrogens with one attached hydrogen (secondary N) is 1. The Bertz CT molecular complexity index is 985. The molecule has 1 aromatic heterocycles. The highest BCUT2D eigenvalue weighted by molar-refractivity contribution is 5.95. The van der Waals surface area contributed by atoms with E-state index in [1.165, 1.54) is 19.2 Å². The van der Waals surface area contributed by atoms with Gasteiger partial charge >= 0.3 is 12.0 Å². The summed E-state index contributed by atoms with van der Waals surface area (Å²) in [6, 6.07) is 3.79. The molecule has 31 heavy (non-hydrogen) atoms.